The smallest absolute Gasteiger partial charge is 0.264 e. The van der Waals surface area contributed by atoms with Crippen LogP contribution in [0.4, 0.5) is 0 Å². The maximum Gasteiger partial charge on any atom is 0.264 e. The Bertz CT molecular complexity index is 312. The van der Waals surface area contributed by atoms with Gasteiger partial charge in [-0.1, -0.05) is 5.92 Å². The van der Waals surface area contributed by atoms with Crippen LogP contribution in [-0.4, -0.2) is 21.3 Å². The molecule has 0 saturated carbocycles. The second-order valence-electron chi connectivity index (χ2n) is 4.18. The van der Waals surface area contributed by atoms with Crippen LogP contribution in [0.2, 0.25) is 0 Å². The van der Waals surface area contributed by atoms with E-state index < -0.39 is 10.1 Å². The zero-order valence-corrected chi connectivity index (χ0v) is 10.1. The van der Waals surface area contributed by atoms with E-state index in [2.05, 4.69) is 16.0 Å². The van der Waals surface area contributed by atoms with Crippen LogP contribution in [0, 0.1) is 17.3 Å². The molecule has 0 heterocycles. The highest BCUT2D eigenvalue weighted by atomic mass is 32.2. The molecule has 0 saturated heterocycles. The fourth-order valence-electron chi connectivity index (χ4n) is 0.699. The Kier molecular flexibility index (Phi) is 5.17. The maximum absolute atomic E-state index is 10.6. The van der Waals surface area contributed by atoms with Gasteiger partial charge >= 0.3 is 0 Å². The Hall–Kier alpha value is -0.530. The quantitative estimate of drug-likeness (QED) is 0.410. The van der Waals surface area contributed by atoms with Gasteiger partial charge in [-0.25, -0.2) is 0 Å². The normalized spacial score (nSPS) is 12.0. The van der Waals surface area contributed by atoms with Crippen LogP contribution in [0.25, 0.3) is 0 Å². The van der Waals surface area contributed by atoms with Gasteiger partial charge in [0, 0.05) is 11.8 Å². The molecule has 0 bridgehead atoms. The van der Waals surface area contributed by atoms with Crippen LogP contribution in [0.3, 0.4) is 0 Å². The Morgan fingerprint density at radius 2 is 1.86 bits per heavy atom. The number of hydrogen-bond donors (Lipinski definition) is 0. The van der Waals surface area contributed by atoms with Crippen LogP contribution in [0.15, 0.2) is 0 Å². The van der Waals surface area contributed by atoms with Crippen molar-refractivity contribution in [2.45, 2.75) is 33.6 Å². The molecule has 0 aliphatic carbocycles. The van der Waals surface area contributed by atoms with Crippen molar-refractivity contribution in [1.82, 2.24) is 0 Å². The molecule has 0 aromatic heterocycles. The second kappa shape index (κ2) is 5.38. The minimum absolute atomic E-state index is 0.0116. The van der Waals surface area contributed by atoms with Gasteiger partial charge in [0.15, 0.2) is 0 Å². The molecule has 0 radical (unpaired) electrons. The molecule has 3 nitrogen and oxygen atoms in total. The highest BCUT2D eigenvalue weighted by molar-refractivity contribution is 7.85. The van der Waals surface area contributed by atoms with E-state index in [1.807, 2.05) is 20.8 Å². The van der Waals surface area contributed by atoms with Gasteiger partial charge in [0.25, 0.3) is 10.1 Å². The number of unbranched alkanes of at least 4 members (excludes halogenated alkanes) is 1. The molecule has 4 heteroatoms. The summed E-state index contributed by atoms with van der Waals surface area (Å²) in [5.74, 6) is 6.05. The van der Waals surface area contributed by atoms with E-state index in [1.165, 1.54) is 0 Å². The van der Waals surface area contributed by atoms with E-state index in [0.717, 1.165) is 6.26 Å². The summed E-state index contributed by atoms with van der Waals surface area (Å²) in [6.07, 6.45) is 2.37. The van der Waals surface area contributed by atoms with Crippen LogP contribution >= 0.6 is 0 Å². The van der Waals surface area contributed by atoms with Gasteiger partial charge in [0.2, 0.25) is 0 Å². The summed E-state index contributed by atoms with van der Waals surface area (Å²) in [5.41, 5.74) is 0.0116. The van der Waals surface area contributed by atoms with Crippen molar-refractivity contribution in [3.63, 3.8) is 0 Å². The van der Waals surface area contributed by atoms with Crippen molar-refractivity contribution in [2.75, 3.05) is 12.9 Å². The van der Waals surface area contributed by atoms with Gasteiger partial charge in [-0.2, -0.15) is 8.42 Å². The lowest BCUT2D eigenvalue weighted by Crippen LogP contribution is -2.04. The lowest BCUT2D eigenvalue weighted by molar-refractivity contribution is 0.317. The first-order valence-electron chi connectivity index (χ1n) is 4.55. The Balaban J connectivity index is 3.62. The lowest BCUT2D eigenvalue weighted by atomic mass is 9.98. The van der Waals surface area contributed by atoms with Crippen molar-refractivity contribution < 1.29 is 12.6 Å². The standard InChI is InChI=1S/C10H18O3S/c1-10(2,3)8-6-5-7-9-13-14(4,11)12/h5,7,9H2,1-4H3. The summed E-state index contributed by atoms with van der Waals surface area (Å²) >= 11 is 0. The molecule has 14 heavy (non-hydrogen) atoms. The van der Waals surface area contributed by atoms with Gasteiger partial charge in [-0.05, 0) is 27.2 Å². The highest BCUT2D eigenvalue weighted by Gasteiger charge is 2.03. The summed E-state index contributed by atoms with van der Waals surface area (Å²) in [4.78, 5) is 0. The summed E-state index contributed by atoms with van der Waals surface area (Å²) < 4.78 is 25.7. The fourth-order valence-corrected chi connectivity index (χ4v) is 1.12. The Morgan fingerprint density at radius 1 is 1.29 bits per heavy atom. The largest absolute Gasteiger partial charge is 0.270 e. The molecule has 0 aromatic rings. The van der Waals surface area contributed by atoms with Gasteiger partial charge in [0.1, 0.15) is 0 Å². The predicted octanol–water partition coefficient (Wildman–Crippen LogP) is 1.79. The summed E-state index contributed by atoms with van der Waals surface area (Å²) in [6, 6.07) is 0. The van der Waals surface area contributed by atoms with Crippen LogP contribution in [0.5, 0.6) is 0 Å². The van der Waals surface area contributed by atoms with Crippen molar-refractivity contribution in [3.8, 4) is 11.8 Å². The molecule has 0 aliphatic heterocycles. The van der Waals surface area contributed by atoms with E-state index in [9.17, 15) is 8.42 Å². The molecule has 0 aliphatic rings. The molecule has 0 unspecified atom stereocenters. The first-order valence-corrected chi connectivity index (χ1v) is 6.37. The monoisotopic (exact) mass is 218 g/mol. The average molecular weight is 218 g/mol. The maximum atomic E-state index is 10.6. The Labute approximate surface area is 87.0 Å². The van der Waals surface area contributed by atoms with Gasteiger partial charge in [-0.3, -0.25) is 4.18 Å². The van der Waals surface area contributed by atoms with Crippen LogP contribution in [0.1, 0.15) is 33.6 Å². The van der Waals surface area contributed by atoms with E-state index in [-0.39, 0.29) is 12.0 Å². The molecule has 0 fully saturated rings. The third kappa shape index (κ3) is 11.5. The summed E-state index contributed by atoms with van der Waals surface area (Å²) in [6.45, 7) is 6.32. The molecule has 0 spiro atoms. The van der Waals surface area contributed by atoms with Crippen molar-refractivity contribution in [2.24, 2.45) is 5.41 Å². The van der Waals surface area contributed by atoms with Crippen molar-refractivity contribution in [1.29, 1.82) is 0 Å². The van der Waals surface area contributed by atoms with Gasteiger partial charge in [-0.15, -0.1) is 5.92 Å². The third-order valence-electron chi connectivity index (χ3n) is 1.21. The molecular weight excluding hydrogens is 200 g/mol. The highest BCUT2D eigenvalue weighted by Crippen LogP contribution is 2.09. The summed E-state index contributed by atoms with van der Waals surface area (Å²) in [5, 5.41) is 0. The minimum Gasteiger partial charge on any atom is -0.270 e. The van der Waals surface area contributed by atoms with Crippen LogP contribution < -0.4 is 0 Å². The molecule has 0 atom stereocenters. The lowest BCUT2D eigenvalue weighted by Gasteiger charge is -2.06. The molecule has 0 rings (SSSR count). The number of rotatable bonds is 4. The van der Waals surface area contributed by atoms with Crippen molar-refractivity contribution in [3.05, 3.63) is 0 Å². The van der Waals surface area contributed by atoms with E-state index >= 15 is 0 Å². The minimum atomic E-state index is -3.29. The average Bonchev–Trinajstić information content (AvgIpc) is 1.92. The van der Waals surface area contributed by atoms with E-state index in [4.69, 9.17) is 0 Å². The van der Waals surface area contributed by atoms with Gasteiger partial charge < -0.3 is 0 Å². The zero-order chi connectivity index (χ0) is 11.2. The fraction of sp³-hybridized carbons (Fsp3) is 0.800. The SMILES string of the molecule is CC(C)(C)C#CCCCOS(C)(=O)=O. The Morgan fingerprint density at radius 3 is 2.29 bits per heavy atom. The topological polar surface area (TPSA) is 43.4 Å². The van der Waals surface area contributed by atoms with Crippen molar-refractivity contribution >= 4 is 10.1 Å². The third-order valence-corrected chi connectivity index (χ3v) is 1.80. The van der Waals surface area contributed by atoms with Gasteiger partial charge in [0.05, 0.1) is 12.9 Å². The molecule has 82 valence electrons. The summed E-state index contributed by atoms with van der Waals surface area (Å²) in [7, 11) is -3.29. The first kappa shape index (κ1) is 13.5. The second-order valence-corrected chi connectivity index (χ2v) is 5.83. The first-order chi connectivity index (χ1) is 6.21. The molecule has 0 aromatic carbocycles. The molecule has 0 amide bonds. The predicted molar refractivity (Wildman–Crippen MR) is 57.3 cm³/mol. The molecular formula is C10H18O3S. The molecule has 0 N–H and O–H groups in total. The zero-order valence-electron chi connectivity index (χ0n) is 9.25. The van der Waals surface area contributed by atoms with Crippen LogP contribution in [-0.2, 0) is 14.3 Å². The van der Waals surface area contributed by atoms with E-state index in [1.54, 1.807) is 0 Å². The van der Waals surface area contributed by atoms with E-state index in [0.29, 0.717) is 12.8 Å². The number of hydrogen-bond acceptors (Lipinski definition) is 3.